The highest BCUT2D eigenvalue weighted by molar-refractivity contribution is 6.51. The molecule has 0 saturated carbocycles. The summed E-state index contributed by atoms with van der Waals surface area (Å²) < 4.78 is 17.0. The van der Waals surface area contributed by atoms with Gasteiger partial charge in [-0.2, -0.15) is 0 Å². The van der Waals surface area contributed by atoms with E-state index in [4.69, 9.17) is 25.8 Å². The van der Waals surface area contributed by atoms with Crippen molar-refractivity contribution in [3.8, 4) is 11.5 Å². The van der Waals surface area contributed by atoms with Crippen LogP contribution in [0.15, 0.2) is 97.1 Å². The fourth-order valence-corrected chi connectivity index (χ4v) is 6.99. The van der Waals surface area contributed by atoms with Gasteiger partial charge in [-0.3, -0.25) is 24.5 Å². The summed E-state index contributed by atoms with van der Waals surface area (Å²) >= 11 is 7.00. The number of amides is 5. The number of ether oxygens (including phenoxy) is 3. The molecule has 0 bridgehead atoms. The number of ketones is 1. The van der Waals surface area contributed by atoms with Crippen LogP contribution in [0, 0.1) is 0 Å². The number of anilines is 2. The number of nitrogens with one attached hydrogen (secondary N) is 3. The zero-order valence-corrected chi connectivity index (χ0v) is 35.6. The summed E-state index contributed by atoms with van der Waals surface area (Å²) in [5.74, 6) is -2.43. The Morgan fingerprint density at radius 2 is 1.44 bits per heavy atom. The number of hydrogen-bond acceptors (Lipinski definition) is 8. The first-order chi connectivity index (χ1) is 28.0. The van der Waals surface area contributed by atoms with Crippen molar-refractivity contribution in [2.45, 2.75) is 88.8 Å². The van der Waals surface area contributed by atoms with Gasteiger partial charge in [0.1, 0.15) is 11.5 Å². The largest absolute Gasteiger partial charge is 0.497 e. The van der Waals surface area contributed by atoms with Gasteiger partial charge in [0.15, 0.2) is 0 Å². The average Bonchev–Trinajstić information content (AvgIpc) is 3.51. The van der Waals surface area contributed by atoms with E-state index in [0.29, 0.717) is 29.4 Å². The van der Waals surface area contributed by atoms with Crippen molar-refractivity contribution in [2.75, 3.05) is 31.5 Å². The second-order valence-corrected chi connectivity index (χ2v) is 16.3. The first-order valence-electron chi connectivity index (χ1n) is 19.6. The third kappa shape index (κ3) is 9.14. The molecule has 4 aromatic carbocycles. The molecule has 1 heterocycles. The molecule has 13 heteroatoms. The van der Waals surface area contributed by atoms with E-state index in [-0.39, 0.29) is 40.0 Å². The van der Waals surface area contributed by atoms with Crippen molar-refractivity contribution in [3.05, 3.63) is 119 Å². The lowest BCUT2D eigenvalue weighted by molar-refractivity contribution is -0.152. The van der Waals surface area contributed by atoms with Crippen LogP contribution < -0.4 is 25.4 Å². The number of hydrogen-bond donors (Lipinski definition) is 3. The van der Waals surface area contributed by atoms with E-state index in [1.807, 2.05) is 6.07 Å². The fourth-order valence-electron chi connectivity index (χ4n) is 6.68. The summed E-state index contributed by atoms with van der Waals surface area (Å²) in [7, 11) is 2.65. The Kier molecular flexibility index (Phi) is 13.6. The van der Waals surface area contributed by atoms with Crippen molar-refractivity contribution in [2.24, 2.45) is 0 Å². The number of Topliss-reactive ketones (excluding diaryl/α,β-unsaturated/α-hetero) is 1. The van der Waals surface area contributed by atoms with Crippen LogP contribution in [0.4, 0.5) is 16.2 Å². The second kappa shape index (κ2) is 18.0. The number of carbonyl (C=O) groups excluding carboxylic acids is 5. The zero-order chi connectivity index (χ0) is 43.2. The molecule has 2 unspecified atom stereocenters. The molecule has 5 rings (SSSR count). The van der Waals surface area contributed by atoms with Gasteiger partial charge in [0.2, 0.25) is 17.4 Å². The Hall–Kier alpha value is -5.72. The number of alkyl halides is 1. The molecule has 1 aliphatic rings. The van der Waals surface area contributed by atoms with Gasteiger partial charge in [0, 0.05) is 41.6 Å². The number of rotatable bonds is 18. The lowest BCUT2D eigenvalue weighted by Gasteiger charge is -2.32. The Balaban J connectivity index is 1.32. The summed E-state index contributed by atoms with van der Waals surface area (Å²) in [5, 5.41) is 7.90. The van der Waals surface area contributed by atoms with Crippen LogP contribution in [0.5, 0.6) is 11.5 Å². The number of halogens is 1. The first-order valence-corrected chi connectivity index (χ1v) is 20.0. The molecule has 0 aromatic heterocycles. The number of imide groups is 1. The van der Waals surface area contributed by atoms with Crippen LogP contribution >= 0.6 is 11.6 Å². The number of methoxy groups -OCH3 is 2. The van der Waals surface area contributed by atoms with Gasteiger partial charge >= 0.3 is 6.03 Å². The van der Waals surface area contributed by atoms with Gasteiger partial charge in [-0.1, -0.05) is 102 Å². The van der Waals surface area contributed by atoms with Crippen molar-refractivity contribution in [1.29, 1.82) is 0 Å². The molecule has 2 atom stereocenters. The number of urea groups is 1. The molecular weight excluding hydrogens is 772 g/mol. The average molecular weight is 825 g/mol. The minimum Gasteiger partial charge on any atom is -0.497 e. The molecule has 0 radical (unpaired) electrons. The van der Waals surface area contributed by atoms with Gasteiger partial charge in [-0.25, -0.2) is 9.69 Å². The fraction of sp³-hybridized carbons (Fsp3) is 0.370. The lowest BCUT2D eigenvalue weighted by atomic mass is 9.76. The summed E-state index contributed by atoms with van der Waals surface area (Å²) in [6.45, 7) is 13.5. The van der Waals surface area contributed by atoms with Crippen LogP contribution in [-0.2, 0) is 35.7 Å². The maximum Gasteiger partial charge on any atom is 0.329 e. The van der Waals surface area contributed by atoms with E-state index >= 15 is 0 Å². The highest BCUT2D eigenvalue weighted by atomic mass is 35.5. The number of nitrogens with zero attached hydrogens (tertiary/aromatic N) is 1. The van der Waals surface area contributed by atoms with Crippen LogP contribution in [0.1, 0.15) is 94.3 Å². The van der Waals surface area contributed by atoms with E-state index in [2.05, 4.69) is 69.6 Å². The van der Waals surface area contributed by atoms with Gasteiger partial charge in [-0.15, -0.1) is 0 Å². The Morgan fingerprint density at radius 3 is 2.05 bits per heavy atom. The highest BCUT2D eigenvalue weighted by Gasteiger charge is 2.64. The lowest BCUT2D eigenvalue weighted by Crippen LogP contribution is -2.61. The minimum absolute atomic E-state index is 0.0280. The summed E-state index contributed by atoms with van der Waals surface area (Å²) in [6, 6.07) is 25.2. The highest BCUT2D eigenvalue weighted by Crippen LogP contribution is 2.40. The predicted octanol–water partition coefficient (Wildman–Crippen LogP) is 8.68. The van der Waals surface area contributed by atoms with E-state index in [0.717, 1.165) is 24.2 Å². The summed E-state index contributed by atoms with van der Waals surface area (Å²) in [5.41, 5.74) is 0.854. The quantitative estimate of drug-likeness (QED) is 0.0225. The molecule has 59 heavy (non-hydrogen) atoms. The molecule has 1 fully saturated rings. The summed E-state index contributed by atoms with van der Waals surface area (Å²) in [4.78, 5) is 67.0. The molecule has 312 valence electrons. The molecule has 1 aliphatic heterocycles. The number of carbonyl (C=O) groups is 5. The minimum atomic E-state index is -2.94. The molecule has 4 aromatic rings. The van der Waals surface area contributed by atoms with Crippen LogP contribution in [0.3, 0.4) is 0 Å². The standard InChI is InChI=1S/C46H53ClN4O8/c1-9-43(3,4)32-23-26-37(36(28-32)44(5,6)10-2)59-27-15-20-38(52)48-33-18-14-19-34(29-33)49-40(54)45(47,39(53)30-21-24-35(57-7)25-22-30)51-41(55)46(58-8,50-42(51)56)31-16-12-11-13-17-31/h11-14,16-19,21-26,28-29H,9-10,15,20,27H2,1-8H3,(H,48,52)(H,49,54)(H,50,56). The monoisotopic (exact) mass is 824 g/mol. The molecule has 12 nitrogen and oxygen atoms in total. The molecule has 0 spiro atoms. The zero-order valence-electron chi connectivity index (χ0n) is 34.9. The SMILES string of the molecule is CCC(C)(C)c1ccc(OCCCC(=O)Nc2cccc(NC(=O)C(Cl)(C(=O)c3ccc(OC)cc3)N3C(=O)NC(OC)(c4ccccc4)C3=O)c2)c(C(C)(C)CC)c1. The van der Waals surface area contributed by atoms with Gasteiger partial charge in [-0.05, 0) is 84.2 Å². The van der Waals surface area contributed by atoms with Crippen LogP contribution in [0.25, 0.3) is 0 Å². The molecule has 3 N–H and O–H groups in total. The first kappa shape index (κ1) is 44.4. The molecule has 1 saturated heterocycles. The van der Waals surface area contributed by atoms with Crippen molar-refractivity contribution < 1.29 is 38.2 Å². The van der Waals surface area contributed by atoms with Crippen molar-refractivity contribution >= 4 is 52.5 Å². The third-order valence-electron chi connectivity index (χ3n) is 11.2. The third-order valence-corrected chi connectivity index (χ3v) is 11.7. The van der Waals surface area contributed by atoms with E-state index in [1.54, 1.807) is 42.5 Å². The normalized spacial score (nSPS) is 16.5. The number of benzene rings is 4. The second-order valence-electron chi connectivity index (χ2n) is 15.7. The van der Waals surface area contributed by atoms with Crippen LogP contribution in [0.2, 0.25) is 0 Å². The predicted molar refractivity (Wildman–Crippen MR) is 228 cm³/mol. The topological polar surface area (TPSA) is 152 Å². The molecule has 0 aliphatic carbocycles. The summed E-state index contributed by atoms with van der Waals surface area (Å²) in [6.07, 6.45) is 2.53. The van der Waals surface area contributed by atoms with E-state index in [1.165, 1.54) is 56.2 Å². The molecular formula is C46H53ClN4O8. The maximum absolute atomic E-state index is 14.3. The van der Waals surface area contributed by atoms with E-state index < -0.39 is 34.4 Å². The van der Waals surface area contributed by atoms with E-state index in [9.17, 15) is 24.0 Å². The van der Waals surface area contributed by atoms with Crippen molar-refractivity contribution in [1.82, 2.24) is 10.2 Å². The Morgan fingerprint density at radius 1 is 0.797 bits per heavy atom. The van der Waals surface area contributed by atoms with Crippen molar-refractivity contribution in [3.63, 3.8) is 0 Å². The van der Waals surface area contributed by atoms with Crippen LogP contribution in [-0.4, -0.2) is 60.3 Å². The van der Waals surface area contributed by atoms with Gasteiger partial charge < -0.3 is 24.8 Å². The Bertz CT molecular complexity index is 2190. The Labute approximate surface area is 350 Å². The smallest absolute Gasteiger partial charge is 0.329 e. The molecule has 5 amide bonds. The maximum atomic E-state index is 14.3. The van der Waals surface area contributed by atoms with Gasteiger partial charge in [0.05, 0.1) is 13.7 Å². The van der Waals surface area contributed by atoms with Gasteiger partial charge in [0.25, 0.3) is 16.8 Å².